The van der Waals surface area contributed by atoms with E-state index in [4.69, 9.17) is 9.84 Å². The van der Waals surface area contributed by atoms with Crippen molar-refractivity contribution in [3.63, 3.8) is 0 Å². The Morgan fingerprint density at radius 3 is 2.45 bits per heavy atom. The summed E-state index contributed by atoms with van der Waals surface area (Å²) in [5.74, 6) is 0.662. The number of nitrogens with one attached hydrogen (secondary N) is 2. The predicted octanol–water partition coefficient (Wildman–Crippen LogP) is 2.37. The van der Waals surface area contributed by atoms with Crippen molar-refractivity contribution in [3.8, 4) is 5.75 Å². The molecule has 2 rings (SSSR count). The largest absolute Gasteiger partial charge is 0.497 e. The van der Waals surface area contributed by atoms with Gasteiger partial charge in [-0.2, -0.15) is 0 Å². The van der Waals surface area contributed by atoms with Crippen LogP contribution in [-0.2, 0) is 5.54 Å². The average molecular weight is 308 g/mol. The molecule has 22 heavy (non-hydrogen) atoms. The van der Waals surface area contributed by atoms with E-state index in [1.165, 1.54) is 0 Å². The van der Waals surface area contributed by atoms with E-state index in [0.29, 0.717) is 31.4 Å². The molecular formula is C15H20N2O5. The Labute approximate surface area is 128 Å². The fourth-order valence-electron chi connectivity index (χ4n) is 3.04. The van der Waals surface area contributed by atoms with Crippen LogP contribution in [0.4, 0.5) is 9.59 Å². The number of methoxy groups -OCH3 is 1. The molecule has 0 atom stereocenters. The molecule has 0 radical (unpaired) electrons. The molecule has 4 N–H and O–H groups in total. The number of carboxylic acid groups (broad SMARTS) is 2. The van der Waals surface area contributed by atoms with Crippen LogP contribution in [0.2, 0.25) is 0 Å². The van der Waals surface area contributed by atoms with Crippen molar-refractivity contribution in [2.45, 2.75) is 37.3 Å². The van der Waals surface area contributed by atoms with E-state index in [1.807, 2.05) is 18.2 Å². The van der Waals surface area contributed by atoms with E-state index < -0.39 is 17.7 Å². The van der Waals surface area contributed by atoms with E-state index in [2.05, 4.69) is 10.6 Å². The van der Waals surface area contributed by atoms with E-state index in [-0.39, 0.29) is 6.04 Å². The molecule has 1 aromatic rings. The molecule has 2 amide bonds. The fraction of sp³-hybridized carbons (Fsp3) is 0.467. The van der Waals surface area contributed by atoms with E-state index >= 15 is 0 Å². The Hall–Kier alpha value is -2.44. The topological polar surface area (TPSA) is 108 Å². The number of hydrogen-bond acceptors (Lipinski definition) is 3. The van der Waals surface area contributed by atoms with Gasteiger partial charge in [0.05, 0.1) is 12.6 Å². The van der Waals surface area contributed by atoms with Gasteiger partial charge < -0.3 is 25.6 Å². The summed E-state index contributed by atoms with van der Waals surface area (Å²) in [6.07, 6.45) is 0.0557. The molecule has 1 aliphatic rings. The van der Waals surface area contributed by atoms with Crippen molar-refractivity contribution >= 4 is 12.2 Å². The van der Waals surface area contributed by atoms with Gasteiger partial charge in [0.25, 0.3) is 0 Å². The zero-order valence-corrected chi connectivity index (χ0v) is 12.3. The maximum absolute atomic E-state index is 11.2. The maximum atomic E-state index is 11.2. The number of amides is 2. The quantitative estimate of drug-likeness (QED) is 0.683. The van der Waals surface area contributed by atoms with Gasteiger partial charge in [0, 0.05) is 6.04 Å². The Morgan fingerprint density at radius 1 is 1.23 bits per heavy atom. The minimum absolute atomic E-state index is 0.146. The van der Waals surface area contributed by atoms with Crippen molar-refractivity contribution in [1.29, 1.82) is 0 Å². The minimum atomic E-state index is -1.09. The number of rotatable bonds is 4. The normalized spacial score (nSPS) is 24.3. The summed E-state index contributed by atoms with van der Waals surface area (Å²) < 4.78 is 5.20. The first-order valence-electron chi connectivity index (χ1n) is 7.10. The van der Waals surface area contributed by atoms with E-state index in [0.717, 1.165) is 5.56 Å². The van der Waals surface area contributed by atoms with Gasteiger partial charge in [0.1, 0.15) is 5.75 Å². The van der Waals surface area contributed by atoms with Gasteiger partial charge in [0.2, 0.25) is 0 Å². The summed E-state index contributed by atoms with van der Waals surface area (Å²) in [6, 6.07) is 7.16. The second-order valence-corrected chi connectivity index (χ2v) is 5.47. The molecule has 0 aliphatic heterocycles. The van der Waals surface area contributed by atoms with Gasteiger partial charge >= 0.3 is 12.2 Å². The van der Waals surface area contributed by atoms with Gasteiger partial charge in [-0.3, -0.25) is 0 Å². The number of carbonyl (C=O) groups is 2. The molecule has 1 aromatic carbocycles. The van der Waals surface area contributed by atoms with Gasteiger partial charge in [-0.05, 0) is 43.4 Å². The van der Waals surface area contributed by atoms with Gasteiger partial charge in [-0.25, -0.2) is 9.59 Å². The third-order valence-electron chi connectivity index (χ3n) is 4.14. The van der Waals surface area contributed by atoms with Crippen LogP contribution in [0.1, 0.15) is 31.2 Å². The highest BCUT2D eigenvalue weighted by molar-refractivity contribution is 5.66. The molecule has 0 saturated heterocycles. The Kier molecular flexibility index (Phi) is 4.75. The first-order chi connectivity index (χ1) is 10.4. The summed E-state index contributed by atoms with van der Waals surface area (Å²) in [5.41, 5.74) is 0.125. The van der Waals surface area contributed by atoms with Crippen molar-refractivity contribution in [3.05, 3.63) is 29.8 Å². The summed E-state index contributed by atoms with van der Waals surface area (Å²) in [6.45, 7) is 0. The van der Waals surface area contributed by atoms with Crippen molar-refractivity contribution in [1.82, 2.24) is 10.6 Å². The summed E-state index contributed by atoms with van der Waals surface area (Å²) in [4.78, 5) is 21.9. The second kappa shape index (κ2) is 6.55. The Balaban J connectivity index is 2.22. The van der Waals surface area contributed by atoms with E-state index in [9.17, 15) is 14.7 Å². The molecule has 0 aromatic heterocycles. The molecule has 0 heterocycles. The molecule has 0 bridgehead atoms. The van der Waals surface area contributed by atoms with Crippen LogP contribution < -0.4 is 15.4 Å². The molecule has 7 heteroatoms. The van der Waals surface area contributed by atoms with Crippen molar-refractivity contribution < 1.29 is 24.5 Å². The second-order valence-electron chi connectivity index (χ2n) is 5.47. The summed E-state index contributed by atoms with van der Waals surface area (Å²) >= 11 is 0. The molecule has 7 nitrogen and oxygen atoms in total. The highest BCUT2D eigenvalue weighted by Crippen LogP contribution is 2.38. The van der Waals surface area contributed by atoms with Crippen LogP contribution in [-0.4, -0.2) is 35.6 Å². The SMILES string of the molecule is COc1cccc(C2(NC(=O)O)CCC(NC(=O)O)CC2)c1. The summed E-state index contributed by atoms with van der Waals surface area (Å²) in [5, 5.41) is 23.1. The molecule has 0 spiro atoms. The lowest BCUT2D eigenvalue weighted by Gasteiger charge is -2.40. The predicted molar refractivity (Wildman–Crippen MR) is 79.2 cm³/mol. The number of ether oxygens (including phenoxy) is 1. The van der Waals surface area contributed by atoms with Crippen molar-refractivity contribution in [2.75, 3.05) is 7.11 Å². The lowest BCUT2D eigenvalue weighted by Crippen LogP contribution is -2.50. The number of benzene rings is 1. The molecule has 120 valence electrons. The molecule has 0 unspecified atom stereocenters. The Morgan fingerprint density at radius 2 is 1.91 bits per heavy atom. The van der Waals surface area contributed by atoms with Gasteiger partial charge in [-0.1, -0.05) is 12.1 Å². The lowest BCUT2D eigenvalue weighted by atomic mass is 9.75. The maximum Gasteiger partial charge on any atom is 0.405 e. The van der Waals surface area contributed by atoms with Crippen LogP contribution in [0.5, 0.6) is 5.75 Å². The van der Waals surface area contributed by atoms with Crippen LogP contribution in [0.15, 0.2) is 24.3 Å². The first-order valence-corrected chi connectivity index (χ1v) is 7.10. The lowest BCUT2D eigenvalue weighted by molar-refractivity contribution is 0.148. The van der Waals surface area contributed by atoms with E-state index in [1.54, 1.807) is 13.2 Å². The zero-order valence-electron chi connectivity index (χ0n) is 12.3. The third-order valence-corrected chi connectivity index (χ3v) is 4.14. The standard InChI is InChI=1S/C15H20N2O5/c1-22-12-4-2-3-10(9-12)15(17-14(20)21)7-5-11(6-8-15)16-13(18)19/h2-4,9,11,16-17H,5-8H2,1H3,(H,18,19)(H,20,21). The van der Waals surface area contributed by atoms with Crippen LogP contribution in [0.3, 0.4) is 0 Å². The smallest absolute Gasteiger partial charge is 0.405 e. The average Bonchev–Trinajstić information content (AvgIpc) is 2.48. The molecule has 1 aliphatic carbocycles. The van der Waals surface area contributed by atoms with Crippen LogP contribution in [0.25, 0.3) is 0 Å². The van der Waals surface area contributed by atoms with Gasteiger partial charge in [-0.15, -0.1) is 0 Å². The highest BCUT2D eigenvalue weighted by atomic mass is 16.5. The van der Waals surface area contributed by atoms with Gasteiger partial charge in [0.15, 0.2) is 0 Å². The monoisotopic (exact) mass is 308 g/mol. The van der Waals surface area contributed by atoms with Crippen molar-refractivity contribution in [2.24, 2.45) is 0 Å². The van der Waals surface area contributed by atoms with Crippen LogP contribution >= 0.6 is 0 Å². The number of hydrogen-bond donors (Lipinski definition) is 4. The molecule has 1 saturated carbocycles. The van der Waals surface area contributed by atoms with Crippen LogP contribution in [0, 0.1) is 0 Å². The Bertz CT molecular complexity index is 553. The molecule has 1 fully saturated rings. The molecular weight excluding hydrogens is 288 g/mol. The fourth-order valence-corrected chi connectivity index (χ4v) is 3.04. The highest BCUT2D eigenvalue weighted by Gasteiger charge is 2.38. The summed E-state index contributed by atoms with van der Waals surface area (Å²) in [7, 11) is 1.56. The third kappa shape index (κ3) is 3.60. The zero-order chi connectivity index (χ0) is 16.2. The minimum Gasteiger partial charge on any atom is -0.497 e. The first kappa shape index (κ1) is 15.9.